The molecule has 10 heteroatoms. The van der Waals surface area contributed by atoms with Crippen molar-refractivity contribution in [1.82, 2.24) is 9.21 Å². The van der Waals surface area contributed by atoms with Gasteiger partial charge in [-0.3, -0.25) is 15.0 Å². The monoisotopic (exact) mass is 457 g/mol. The van der Waals surface area contributed by atoms with Gasteiger partial charge in [-0.05, 0) is 18.2 Å². The van der Waals surface area contributed by atoms with E-state index >= 15 is 0 Å². The number of nitro groups is 1. The first-order valence-corrected chi connectivity index (χ1v) is 10.4. The van der Waals surface area contributed by atoms with Crippen LogP contribution in [0.3, 0.4) is 0 Å². The highest BCUT2D eigenvalue weighted by Gasteiger charge is 2.33. The van der Waals surface area contributed by atoms with Crippen LogP contribution >= 0.6 is 15.9 Å². The van der Waals surface area contributed by atoms with E-state index in [1.165, 1.54) is 34.6 Å². The molecule has 1 aliphatic heterocycles. The topological polar surface area (TPSA) is 83.8 Å². The molecule has 2 aromatic carbocycles. The summed E-state index contributed by atoms with van der Waals surface area (Å²) in [5, 5.41) is 11.1. The fourth-order valence-electron chi connectivity index (χ4n) is 2.98. The molecule has 27 heavy (non-hydrogen) atoms. The van der Waals surface area contributed by atoms with Crippen molar-refractivity contribution in [3.05, 3.63) is 68.4 Å². The van der Waals surface area contributed by atoms with Crippen LogP contribution in [0.15, 0.2) is 51.8 Å². The van der Waals surface area contributed by atoms with Crippen LogP contribution in [0.1, 0.15) is 5.56 Å². The van der Waals surface area contributed by atoms with Crippen LogP contribution in [0.25, 0.3) is 0 Å². The number of nitro benzene ring substituents is 1. The Labute approximate surface area is 164 Å². The number of piperazine rings is 1. The quantitative estimate of drug-likeness (QED) is 0.508. The van der Waals surface area contributed by atoms with Crippen LogP contribution in [0.4, 0.5) is 10.1 Å². The van der Waals surface area contributed by atoms with E-state index < -0.39 is 20.6 Å². The Morgan fingerprint density at radius 3 is 2.41 bits per heavy atom. The van der Waals surface area contributed by atoms with Crippen molar-refractivity contribution in [3.63, 3.8) is 0 Å². The lowest BCUT2D eigenvalue weighted by molar-refractivity contribution is -0.387. The van der Waals surface area contributed by atoms with Gasteiger partial charge in [0.05, 0.1) is 4.92 Å². The van der Waals surface area contributed by atoms with Crippen molar-refractivity contribution in [2.45, 2.75) is 11.4 Å². The molecule has 0 amide bonds. The van der Waals surface area contributed by atoms with Gasteiger partial charge in [0, 0.05) is 48.8 Å². The molecule has 1 saturated heterocycles. The zero-order valence-electron chi connectivity index (χ0n) is 14.2. The van der Waals surface area contributed by atoms with Gasteiger partial charge in [0.25, 0.3) is 5.69 Å². The van der Waals surface area contributed by atoms with Crippen LogP contribution in [0.5, 0.6) is 0 Å². The highest BCUT2D eigenvalue weighted by Crippen LogP contribution is 2.27. The molecule has 0 aliphatic carbocycles. The molecule has 0 bridgehead atoms. The van der Waals surface area contributed by atoms with E-state index in [1.54, 1.807) is 12.1 Å². The number of hydrogen-bond donors (Lipinski definition) is 0. The molecule has 1 heterocycles. The van der Waals surface area contributed by atoms with Crippen molar-refractivity contribution in [3.8, 4) is 0 Å². The molecule has 0 N–H and O–H groups in total. The molecule has 0 aromatic heterocycles. The van der Waals surface area contributed by atoms with Crippen LogP contribution in [0, 0.1) is 15.9 Å². The standard InChI is InChI=1S/C17H17BrFN3O4S/c18-14-6-5-13(15(19)11-14)12-20-7-9-21(10-8-20)27(25,26)17-4-2-1-3-16(17)22(23)24/h1-6,11H,7-10,12H2. The normalized spacial score (nSPS) is 16.4. The average molecular weight is 458 g/mol. The SMILES string of the molecule is O=[N+]([O-])c1ccccc1S(=O)(=O)N1CCN(Cc2ccc(Br)cc2F)CC1. The largest absolute Gasteiger partial charge is 0.296 e. The molecule has 0 saturated carbocycles. The summed E-state index contributed by atoms with van der Waals surface area (Å²) >= 11 is 3.21. The Kier molecular flexibility index (Phi) is 5.89. The molecule has 1 aliphatic rings. The molecule has 2 aromatic rings. The average Bonchev–Trinajstić information content (AvgIpc) is 2.64. The van der Waals surface area contributed by atoms with Crippen molar-refractivity contribution in [1.29, 1.82) is 0 Å². The first-order valence-electron chi connectivity index (χ1n) is 8.19. The molecule has 7 nitrogen and oxygen atoms in total. The third-order valence-electron chi connectivity index (χ3n) is 4.42. The van der Waals surface area contributed by atoms with E-state index in [2.05, 4.69) is 15.9 Å². The molecule has 3 rings (SSSR count). The van der Waals surface area contributed by atoms with Gasteiger partial charge >= 0.3 is 0 Å². The lowest BCUT2D eigenvalue weighted by atomic mass is 10.2. The summed E-state index contributed by atoms with van der Waals surface area (Å²) < 4.78 is 41.5. The summed E-state index contributed by atoms with van der Waals surface area (Å²) in [5.41, 5.74) is 0.102. The van der Waals surface area contributed by atoms with E-state index in [9.17, 15) is 22.9 Å². The van der Waals surface area contributed by atoms with E-state index in [-0.39, 0.29) is 23.8 Å². The van der Waals surface area contributed by atoms with E-state index in [1.807, 2.05) is 4.90 Å². The number of sulfonamides is 1. The van der Waals surface area contributed by atoms with Crippen LogP contribution in [-0.2, 0) is 16.6 Å². The molecule has 0 unspecified atom stereocenters. The minimum absolute atomic E-state index is 0.187. The molecule has 144 valence electrons. The number of nitrogens with zero attached hydrogens (tertiary/aromatic N) is 3. The predicted molar refractivity (Wildman–Crippen MR) is 101 cm³/mol. The predicted octanol–water partition coefficient (Wildman–Crippen LogP) is 3.00. The van der Waals surface area contributed by atoms with Gasteiger partial charge in [0.2, 0.25) is 10.0 Å². The number of rotatable bonds is 5. The van der Waals surface area contributed by atoms with E-state index in [0.717, 1.165) is 0 Å². The maximum Gasteiger partial charge on any atom is 0.289 e. The third-order valence-corrected chi connectivity index (χ3v) is 6.86. The number of para-hydroxylation sites is 1. The lowest BCUT2D eigenvalue weighted by Gasteiger charge is -2.33. The molecule has 0 radical (unpaired) electrons. The molecule has 0 atom stereocenters. The second-order valence-electron chi connectivity index (χ2n) is 6.14. The summed E-state index contributed by atoms with van der Waals surface area (Å²) in [5.74, 6) is -0.320. The smallest absolute Gasteiger partial charge is 0.289 e. The molecular formula is C17H17BrFN3O4S. The third kappa shape index (κ3) is 4.34. The molecule has 1 fully saturated rings. The molecule has 0 spiro atoms. The van der Waals surface area contributed by atoms with Crippen LogP contribution < -0.4 is 0 Å². The first-order chi connectivity index (χ1) is 12.8. The van der Waals surface area contributed by atoms with Gasteiger partial charge < -0.3 is 0 Å². The van der Waals surface area contributed by atoms with Gasteiger partial charge in [-0.1, -0.05) is 34.1 Å². The lowest BCUT2D eigenvalue weighted by Crippen LogP contribution is -2.48. The number of benzene rings is 2. The highest BCUT2D eigenvalue weighted by molar-refractivity contribution is 9.10. The summed E-state index contributed by atoms with van der Waals surface area (Å²) in [4.78, 5) is 12.1. The van der Waals surface area contributed by atoms with Crippen molar-refractivity contribution in [2.24, 2.45) is 0 Å². The fourth-order valence-corrected chi connectivity index (χ4v) is 4.90. The van der Waals surface area contributed by atoms with Crippen LogP contribution in [0.2, 0.25) is 0 Å². The zero-order chi connectivity index (χ0) is 19.6. The van der Waals surface area contributed by atoms with Gasteiger partial charge in [0.1, 0.15) is 5.82 Å². The second-order valence-corrected chi connectivity index (χ2v) is 8.96. The Bertz CT molecular complexity index is 962. The Balaban J connectivity index is 1.71. The minimum Gasteiger partial charge on any atom is -0.296 e. The van der Waals surface area contributed by atoms with Crippen LogP contribution in [-0.4, -0.2) is 48.7 Å². The van der Waals surface area contributed by atoms with Gasteiger partial charge in [-0.15, -0.1) is 0 Å². The van der Waals surface area contributed by atoms with Crippen molar-refractivity contribution >= 4 is 31.6 Å². The first kappa shape index (κ1) is 19.9. The summed E-state index contributed by atoms with van der Waals surface area (Å²) in [6, 6.07) is 10.2. The van der Waals surface area contributed by atoms with Gasteiger partial charge in [-0.2, -0.15) is 4.31 Å². The second kappa shape index (κ2) is 8.01. The van der Waals surface area contributed by atoms with E-state index in [0.29, 0.717) is 29.7 Å². The maximum atomic E-state index is 14.0. The molecular weight excluding hydrogens is 441 g/mol. The summed E-state index contributed by atoms with van der Waals surface area (Å²) in [6.07, 6.45) is 0. The Morgan fingerprint density at radius 2 is 1.78 bits per heavy atom. The Morgan fingerprint density at radius 1 is 1.11 bits per heavy atom. The Hall–Kier alpha value is -1.88. The highest BCUT2D eigenvalue weighted by atomic mass is 79.9. The van der Waals surface area contributed by atoms with E-state index in [4.69, 9.17) is 0 Å². The van der Waals surface area contributed by atoms with Gasteiger partial charge in [0.15, 0.2) is 4.90 Å². The van der Waals surface area contributed by atoms with Crippen molar-refractivity contribution in [2.75, 3.05) is 26.2 Å². The summed E-state index contributed by atoms with van der Waals surface area (Å²) in [7, 11) is -3.96. The van der Waals surface area contributed by atoms with Crippen molar-refractivity contribution < 1.29 is 17.7 Å². The number of hydrogen-bond acceptors (Lipinski definition) is 5. The van der Waals surface area contributed by atoms with Gasteiger partial charge in [-0.25, -0.2) is 12.8 Å². The zero-order valence-corrected chi connectivity index (χ0v) is 16.6. The minimum atomic E-state index is -3.96. The maximum absolute atomic E-state index is 14.0. The summed E-state index contributed by atoms with van der Waals surface area (Å²) in [6.45, 7) is 1.57. The number of halogens is 2. The fraction of sp³-hybridized carbons (Fsp3) is 0.294.